The van der Waals surface area contributed by atoms with Gasteiger partial charge in [0.15, 0.2) is 5.76 Å². The van der Waals surface area contributed by atoms with Crippen LogP contribution in [0.2, 0.25) is 5.02 Å². The number of aromatic nitrogens is 1. The number of rotatable bonds is 6. The Kier molecular flexibility index (Phi) is 4.96. The van der Waals surface area contributed by atoms with Crippen LogP contribution in [0.1, 0.15) is 11.5 Å². The van der Waals surface area contributed by atoms with Gasteiger partial charge >= 0.3 is 0 Å². The van der Waals surface area contributed by atoms with Crippen molar-refractivity contribution in [2.45, 2.75) is 13.5 Å². The monoisotopic (exact) mass is 280 g/mol. The van der Waals surface area contributed by atoms with Crippen molar-refractivity contribution in [3.8, 4) is 11.3 Å². The molecule has 1 aromatic carbocycles. The van der Waals surface area contributed by atoms with E-state index in [1.807, 2.05) is 25.1 Å². The molecule has 0 aliphatic carbocycles. The molecule has 0 unspecified atom stereocenters. The molecule has 0 saturated heterocycles. The van der Waals surface area contributed by atoms with Crippen LogP contribution >= 0.6 is 11.6 Å². The van der Waals surface area contributed by atoms with E-state index in [1.54, 1.807) is 13.3 Å². The van der Waals surface area contributed by atoms with Crippen molar-refractivity contribution in [3.05, 3.63) is 40.9 Å². The minimum atomic E-state index is 0.576. The molecule has 0 atom stereocenters. The Bertz CT molecular complexity index is 540. The van der Waals surface area contributed by atoms with Crippen LogP contribution in [0.4, 0.5) is 0 Å². The Morgan fingerprint density at radius 3 is 3.05 bits per heavy atom. The van der Waals surface area contributed by atoms with E-state index >= 15 is 0 Å². The van der Waals surface area contributed by atoms with Gasteiger partial charge in [-0.15, -0.1) is 0 Å². The number of nitrogens with zero attached hydrogens (tertiary/aromatic N) is 1. The van der Waals surface area contributed by atoms with Crippen molar-refractivity contribution >= 4 is 11.6 Å². The molecule has 0 radical (unpaired) electrons. The largest absolute Gasteiger partial charge is 0.439 e. The Morgan fingerprint density at radius 1 is 1.42 bits per heavy atom. The van der Waals surface area contributed by atoms with E-state index in [9.17, 15) is 0 Å². The van der Waals surface area contributed by atoms with E-state index in [4.69, 9.17) is 20.8 Å². The number of benzene rings is 1. The SMILES string of the molecule is COCCNCc1ncc(-c2cccc(C)c2Cl)o1. The first-order valence-electron chi connectivity index (χ1n) is 6.12. The molecule has 5 heteroatoms. The fourth-order valence-corrected chi connectivity index (χ4v) is 1.94. The van der Waals surface area contributed by atoms with E-state index in [1.165, 1.54) is 0 Å². The van der Waals surface area contributed by atoms with Crippen molar-refractivity contribution in [3.63, 3.8) is 0 Å². The second-order valence-corrected chi connectivity index (χ2v) is 4.60. The molecular weight excluding hydrogens is 264 g/mol. The maximum absolute atomic E-state index is 6.26. The lowest BCUT2D eigenvalue weighted by Gasteiger charge is -2.03. The minimum absolute atomic E-state index is 0.576. The molecular formula is C14H17ClN2O2. The van der Waals surface area contributed by atoms with Crippen LogP contribution in [0.25, 0.3) is 11.3 Å². The molecule has 0 aliphatic rings. The van der Waals surface area contributed by atoms with Gasteiger partial charge < -0.3 is 14.5 Å². The topological polar surface area (TPSA) is 47.3 Å². The lowest BCUT2D eigenvalue weighted by molar-refractivity contribution is 0.198. The van der Waals surface area contributed by atoms with E-state index in [-0.39, 0.29) is 0 Å². The van der Waals surface area contributed by atoms with Crippen LogP contribution in [-0.2, 0) is 11.3 Å². The van der Waals surface area contributed by atoms with Gasteiger partial charge in [-0.3, -0.25) is 0 Å². The molecule has 0 amide bonds. The molecule has 2 aromatic rings. The summed E-state index contributed by atoms with van der Waals surface area (Å²) in [7, 11) is 1.67. The highest BCUT2D eigenvalue weighted by atomic mass is 35.5. The van der Waals surface area contributed by atoms with Gasteiger partial charge in [-0.05, 0) is 18.6 Å². The highest BCUT2D eigenvalue weighted by Gasteiger charge is 2.10. The lowest BCUT2D eigenvalue weighted by Crippen LogP contribution is -2.18. The summed E-state index contributed by atoms with van der Waals surface area (Å²) in [5.41, 5.74) is 1.90. The number of methoxy groups -OCH3 is 1. The van der Waals surface area contributed by atoms with Gasteiger partial charge in [0.05, 0.1) is 24.4 Å². The van der Waals surface area contributed by atoms with Crippen LogP contribution in [0.3, 0.4) is 0 Å². The lowest BCUT2D eigenvalue weighted by atomic mass is 10.1. The van der Waals surface area contributed by atoms with Crippen molar-refractivity contribution in [2.75, 3.05) is 20.3 Å². The molecule has 0 fully saturated rings. The standard InChI is InChI=1S/C14H17ClN2O2/c1-10-4-3-5-11(14(10)15)12-8-17-13(19-12)9-16-6-7-18-2/h3-5,8,16H,6-7,9H2,1-2H3. The minimum Gasteiger partial charge on any atom is -0.439 e. The second-order valence-electron chi connectivity index (χ2n) is 4.22. The highest BCUT2D eigenvalue weighted by Crippen LogP contribution is 2.30. The first-order chi connectivity index (χ1) is 9.22. The van der Waals surface area contributed by atoms with E-state index in [0.29, 0.717) is 29.8 Å². The summed E-state index contributed by atoms with van der Waals surface area (Å²) >= 11 is 6.26. The molecule has 1 N–H and O–H groups in total. The number of hydrogen-bond acceptors (Lipinski definition) is 4. The average Bonchev–Trinajstić information content (AvgIpc) is 2.87. The highest BCUT2D eigenvalue weighted by molar-refractivity contribution is 6.33. The molecule has 19 heavy (non-hydrogen) atoms. The number of ether oxygens (including phenoxy) is 1. The van der Waals surface area contributed by atoms with Crippen molar-refractivity contribution in [1.29, 1.82) is 0 Å². The summed E-state index contributed by atoms with van der Waals surface area (Å²) in [6.45, 7) is 3.97. The molecule has 4 nitrogen and oxygen atoms in total. The summed E-state index contributed by atoms with van der Waals surface area (Å²) in [4.78, 5) is 4.23. The van der Waals surface area contributed by atoms with Gasteiger partial charge in [0.2, 0.25) is 5.89 Å². The molecule has 0 aliphatic heterocycles. The first-order valence-corrected chi connectivity index (χ1v) is 6.50. The van der Waals surface area contributed by atoms with Gasteiger partial charge in [-0.25, -0.2) is 4.98 Å². The summed E-state index contributed by atoms with van der Waals surface area (Å²) in [5.74, 6) is 1.33. The van der Waals surface area contributed by atoms with Gasteiger partial charge in [0.25, 0.3) is 0 Å². The third-order valence-electron chi connectivity index (χ3n) is 2.77. The number of halogens is 1. The predicted octanol–water partition coefficient (Wildman–Crippen LogP) is 3.04. The molecule has 0 saturated carbocycles. The smallest absolute Gasteiger partial charge is 0.208 e. The van der Waals surface area contributed by atoms with E-state index in [0.717, 1.165) is 17.7 Å². The third-order valence-corrected chi connectivity index (χ3v) is 3.27. The summed E-state index contributed by atoms with van der Waals surface area (Å²) in [5, 5.41) is 3.89. The van der Waals surface area contributed by atoms with Crippen LogP contribution in [0.5, 0.6) is 0 Å². The van der Waals surface area contributed by atoms with E-state index < -0.39 is 0 Å². The number of oxazole rings is 1. The van der Waals surface area contributed by atoms with Crippen LogP contribution < -0.4 is 5.32 Å². The van der Waals surface area contributed by atoms with Gasteiger partial charge in [-0.2, -0.15) is 0 Å². The van der Waals surface area contributed by atoms with Crippen molar-refractivity contribution < 1.29 is 9.15 Å². The molecule has 1 heterocycles. The zero-order valence-corrected chi connectivity index (χ0v) is 11.8. The van der Waals surface area contributed by atoms with Gasteiger partial charge in [0, 0.05) is 19.2 Å². The Labute approximate surface area is 117 Å². The summed E-state index contributed by atoms with van der Waals surface area (Å²) < 4.78 is 10.6. The van der Waals surface area contributed by atoms with E-state index in [2.05, 4.69) is 10.3 Å². The van der Waals surface area contributed by atoms with Crippen LogP contribution in [0, 0.1) is 6.92 Å². The second kappa shape index (κ2) is 6.70. The number of hydrogen-bond donors (Lipinski definition) is 1. The summed E-state index contributed by atoms with van der Waals surface area (Å²) in [6.07, 6.45) is 1.70. The van der Waals surface area contributed by atoms with Crippen LogP contribution in [-0.4, -0.2) is 25.2 Å². The maximum Gasteiger partial charge on any atom is 0.208 e. The molecule has 0 bridgehead atoms. The van der Waals surface area contributed by atoms with Gasteiger partial charge in [-0.1, -0.05) is 23.7 Å². The summed E-state index contributed by atoms with van der Waals surface area (Å²) in [6, 6.07) is 5.85. The zero-order valence-electron chi connectivity index (χ0n) is 11.1. The van der Waals surface area contributed by atoms with Crippen molar-refractivity contribution in [2.24, 2.45) is 0 Å². The number of aryl methyl sites for hydroxylation is 1. The molecule has 2 rings (SSSR count). The quantitative estimate of drug-likeness (QED) is 0.826. The fraction of sp³-hybridized carbons (Fsp3) is 0.357. The fourth-order valence-electron chi connectivity index (χ4n) is 1.72. The first kappa shape index (κ1) is 14.1. The van der Waals surface area contributed by atoms with Crippen LogP contribution in [0.15, 0.2) is 28.8 Å². The average molecular weight is 281 g/mol. The Balaban J connectivity index is 2.06. The normalized spacial score (nSPS) is 10.9. The van der Waals surface area contributed by atoms with Gasteiger partial charge in [0.1, 0.15) is 0 Å². The third kappa shape index (κ3) is 3.56. The zero-order chi connectivity index (χ0) is 13.7. The number of nitrogens with one attached hydrogen (secondary N) is 1. The molecule has 0 spiro atoms. The molecule has 1 aromatic heterocycles. The van der Waals surface area contributed by atoms with Crippen molar-refractivity contribution in [1.82, 2.24) is 10.3 Å². The Hall–Kier alpha value is -1.36. The maximum atomic E-state index is 6.26. The predicted molar refractivity (Wildman–Crippen MR) is 75.3 cm³/mol. The Morgan fingerprint density at radius 2 is 2.26 bits per heavy atom. The molecule has 102 valence electrons.